The summed E-state index contributed by atoms with van der Waals surface area (Å²) in [6.07, 6.45) is 0.662. The van der Waals surface area contributed by atoms with Gasteiger partial charge in [-0.05, 0) is 19.9 Å². The van der Waals surface area contributed by atoms with Gasteiger partial charge >= 0.3 is 10.3 Å². The summed E-state index contributed by atoms with van der Waals surface area (Å²) in [6, 6.07) is 4.99. The predicted molar refractivity (Wildman–Crippen MR) is 63.1 cm³/mol. The minimum absolute atomic E-state index is 0.135. The lowest BCUT2D eigenvalue weighted by Crippen LogP contribution is -2.37. The first kappa shape index (κ1) is 12.2. The van der Waals surface area contributed by atoms with E-state index in [0.717, 1.165) is 5.56 Å². The summed E-state index contributed by atoms with van der Waals surface area (Å²) in [5.41, 5.74) is 0.598. The number of ether oxygens (including phenoxy) is 1. The van der Waals surface area contributed by atoms with Crippen LogP contribution in [0.2, 0.25) is 0 Å². The third kappa shape index (κ3) is 2.21. The van der Waals surface area contributed by atoms with Crippen LogP contribution in [-0.2, 0) is 16.7 Å². The summed E-state index contributed by atoms with van der Waals surface area (Å²) in [5, 5.41) is 0. The molecule has 0 atom stereocenters. The van der Waals surface area contributed by atoms with Crippen LogP contribution in [0.4, 0.5) is 5.69 Å². The SMILES string of the molecule is CC1(C)Cc2cccc(N(N)S(=O)(=O)O)c2O1. The first-order valence-corrected chi connectivity index (χ1v) is 6.44. The summed E-state index contributed by atoms with van der Waals surface area (Å²) in [5.74, 6) is 5.75. The van der Waals surface area contributed by atoms with Crippen molar-refractivity contribution < 1.29 is 17.7 Å². The van der Waals surface area contributed by atoms with Crippen LogP contribution < -0.4 is 15.0 Å². The second-order valence-electron chi connectivity index (χ2n) is 4.58. The van der Waals surface area contributed by atoms with Gasteiger partial charge in [-0.2, -0.15) is 12.8 Å². The normalized spacial score (nSPS) is 17.4. The monoisotopic (exact) mass is 258 g/mol. The lowest BCUT2D eigenvalue weighted by Gasteiger charge is -2.20. The molecular formula is C10H14N2O4S. The Hall–Kier alpha value is -1.31. The number of hydrazine groups is 1. The smallest absolute Gasteiger partial charge is 0.373 e. The Kier molecular flexibility index (Phi) is 2.57. The summed E-state index contributed by atoms with van der Waals surface area (Å²) < 4.78 is 36.9. The van der Waals surface area contributed by atoms with Crippen molar-refractivity contribution in [2.45, 2.75) is 25.9 Å². The molecule has 0 aromatic heterocycles. The number of para-hydroxylation sites is 1. The van der Waals surface area contributed by atoms with E-state index in [4.69, 9.17) is 15.1 Å². The molecule has 94 valence electrons. The van der Waals surface area contributed by atoms with Crippen molar-refractivity contribution in [1.29, 1.82) is 0 Å². The Labute approximate surface area is 99.8 Å². The third-order valence-electron chi connectivity index (χ3n) is 2.56. The van der Waals surface area contributed by atoms with E-state index >= 15 is 0 Å². The molecule has 0 saturated carbocycles. The zero-order valence-electron chi connectivity index (χ0n) is 9.54. The molecule has 1 aromatic carbocycles. The lowest BCUT2D eigenvalue weighted by atomic mass is 10.0. The molecule has 0 spiro atoms. The van der Waals surface area contributed by atoms with Gasteiger partial charge in [0.05, 0.1) is 0 Å². The van der Waals surface area contributed by atoms with Crippen LogP contribution in [-0.4, -0.2) is 18.6 Å². The van der Waals surface area contributed by atoms with Gasteiger partial charge in [0.25, 0.3) is 0 Å². The highest BCUT2D eigenvalue weighted by Crippen LogP contribution is 2.41. The van der Waals surface area contributed by atoms with E-state index in [9.17, 15) is 8.42 Å². The Morgan fingerprint density at radius 2 is 2.12 bits per heavy atom. The average Bonchev–Trinajstić information content (AvgIpc) is 2.48. The fourth-order valence-corrected chi connectivity index (χ4v) is 2.29. The molecular weight excluding hydrogens is 244 g/mol. The van der Waals surface area contributed by atoms with Gasteiger partial charge in [0.2, 0.25) is 0 Å². The van der Waals surface area contributed by atoms with Gasteiger partial charge in [0.1, 0.15) is 17.0 Å². The van der Waals surface area contributed by atoms with E-state index in [-0.39, 0.29) is 5.69 Å². The van der Waals surface area contributed by atoms with Crippen LogP contribution in [0.15, 0.2) is 18.2 Å². The van der Waals surface area contributed by atoms with E-state index in [1.54, 1.807) is 6.07 Å². The van der Waals surface area contributed by atoms with E-state index < -0.39 is 15.9 Å². The van der Waals surface area contributed by atoms with Crippen LogP contribution in [0.25, 0.3) is 0 Å². The van der Waals surface area contributed by atoms with E-state index in [1.807, 2.05) is 19.9 Å². The van der Waals surface area contributed by atoms with Crippen LogP contribution >= 0.6 is 0 Å². The first-order valence-electron chi connectivity index (χ1n) is 5.04. The summed E-state index contributed by atoms with van der Waals surface area (Å²) in [4.78, 5) is 0. The van der Waals surface area contributed by atoms with E-state index in [2.05, 4.69) is 0 Å². The molecule has 2 rings (SSSR count). The Balaban J connectivity index is 2.50. The number of nitrogens with zero attached hydrogens (tertiary/aromatic N) is 1. The Bertz CT molecular complexity index is 553. The number of benzene rings is 1. The molecule has 7 heteroatoms. The highest BCUT2D eigenvalue weighted by Gasteiger charge is 2.34. The fraction of sp³-hybridized carbons (Fsp3) is 0.400. The maximum Gasteiger partial charge on any atom is 0.373 e. The molecule has 0 fully saturated rings. The van der Waals surface area contributed by atoms with Gasteiger partial charge in [0, 0.05) is 12.0 Å². The number of hydrogen-bond donors (Lipinski definition) is 2. The number of hydrogen-bond acceptors (Lipinski definition) is 4. The predicted octanol–water partition coefficient (Wildman–Crippen LogP) is 0.883. The maximum absolute atomic E-state index is 11.0. The van der Waals surface area contributed by atoms with Crippen molar-refractivity contribution in [2.75, 3.05) is 4.41 Å². The van der Waals surface area contributed by atoms with Gasteiger partial charge in [-0.15, -0.1) is 0 Å². The van der Waals surface area contributed by atoms with Gasteiger partial charge < -0.3 is 4.74 Å². The van der Waals surface area contributed by atoms with Crippen LogP contribution in [0.3, 0.4) is 0 Å². The molecule has 0 saturated heterocycles. The van der Waals surface area contributed by atoms with Crippen molar-refractivity contribution in [3.05, 3.63) is 23.8 Å². The minimum Gasteiger partial charge on any atom is -0.485 e. The van der Waals surface area contributed by atoms with Crippen molar-refractivity contribution >= 4 is 16.0 Å². The first-order chi connectivity index (χ1) is 7.71. The largest absolute Gasteiger partial charge is 0.485 e. The minimum atomic E-state index is -4.48. The van der Waals surface area contributed by atoms with Crippen LogP contribution in [0.1, 0.15) is 19.4 Å². The molecule has 0 amide bonds. The standard InChI is InChI=1S/C10H14N2O4S/c1-10(2)6-7-4-3-5-8(9(7)16-10)12(11)17(13,14)15/h3-5H,6,11H2,1-2H3,(H,13,14,15). The van der Waals surface area contributed by atoms with Crippen LogP contribution in [0, 0.1) is 0 Å². The molecule has 6 nitrogen and oxygen atoms in total. The highest BCUT2D eigenvalue weighted by molar-refractivity contribution is 7.87. The molecule has 1 aromatic rings. The van der Waals surface area contributed by atoms with Crippen molar-refractivity contribution in [3.63, 3.8) is 0 Å². The van der Waals surface area contributed by atoms with Gasteiger partial charge in [-0.1, -0.05) is 12.1 Å². The number of anilines is 1. The second-order valence-corrected chi connectivity index (χ2v) is 5.87. The van der Waals surface area contributed by atoms with Crippen LogP contribution in [0.5, 0.6) is 5.75 Å². The zero-order valence-corrected chi connectivity index (χ0v) is 10.4. The summed E-state index contributed by atoms with van der Waals surface area (Å²) in [7, 11) is -4.48. The van der Waals surface area contributed by atoms with Gasteiger partial charge in [-0.3, -0.25) is 4.55 Å². The van der Waals surface area contributed by atoms with E-state index in [1.165, 1.54) is 6.07 Å². The molecule has 3 N–H and O–H groups in total. The quantitative estimate of drug-likeness (QED) is 0.466. The Morgan fingerprint density at radius 1 is 1.47 bits per heavy atom. The van der Waals surface area contributed by atoms with Gasteiger partial charge in [-0.25, -0.2) is 5.84 Å². The molecule has 1 aliphatic rings. The Morgan fingerprint density at radius 3 is 2.71 bits per heavy atom. The molecule has 1 heterocycles. The molecule has 0 radical (unpaired) electrons. The molecule has 0 bridgehead atoms. The number of rotatable bonds is 2. The van der Waals surface area contributed by atoms with Crippen molar-refractivity contribution in [2.24, 2.45) is 5.84 Å². The van der Waals surface area contributed by atoms with Crippen molar-refractivity contribution in [3.8, 4) is 5.75 Å². The average molecular weight is 258 g/mol. The summed E-state index contributed by atoms with van der Waals surface area (Å²) in [6.45, 7) is 3.79. The molecule has 0 aliphatic carbocycles. The number of nitrogens with two attached hydrogens (primary N) is 1. The lowest BCUT2D eigenvalue weighted by molar-refractivity contribution is 0.139. The van der Waals surface area contributed by atoms with Gasteiger partial charge in [0.15, 0.2) is 0 Å². The topological polar surface area (TPSA) is 92.9 Å². The number of fused-ring (bicyclic) bond motifs is 1. The zero-order chi connectivity index (χ0) is 12.8. The molecule has 1 aliphatic heterocycles. The maximum atomic E-state index is 11.0. The molecule has 0 unspecified atom stereocenters. The van der Waals surface area contributed by atoms with E-state index in [0.29, 0.717) is 16.6 Å². The third-order valence-corrected chi connectivity index (χ3v) is 3.25. The van der Waals surface area contributed by atoms with Crippen molar-refractivity contribution in [1.82, 2.24) is 0 Å². The fourth-order valence-electron chi connectivity index (χ4n) is 1.90. The second kappa shape index (κ2) is 3.59. The highest BCUT2D eigenvalue weighted by atomic mass is 32.2. The molecule has 17 heavy (non-hydrogen) atoms. The summed E-state index contributed by atoms with van der Waals surface area (Å²) >= 11 is 0.